The van der Waals surface area contributed by atoms with E-state index in [1.807, 2.05) is 0 Å². The molecule has 0 heterocycles. The molecule has 0 saturated heterocycles. The second-order valence-electron chi connectivity index (χ2n) is 2.15. The lowest BCUT2D eigenvalue weighted by Crippen LogP contribution is -2.14. The highest BCUT2D eigenvalue weighted by atomic mass is 17.2. The lowest BCUT2D eigenvalue weighted by Gasteiger charge is -1.99. The number of primary amides is 2. The Morgan fingerprint density at radius 3 is 2.33 bits per heavy atom. The van der Waals surface area contributed by atoms with Crippen molar-refractivity contribution in [2.45, 2.75) is 19.3 Å². The minimum Gasteiger partial charge on any atom is -0.370 e. The highest BCUT2D eigenvalue weighted by Crippen LogP contribution is 1.94. The minimum absolute atomic E-state index is 0.218. The fourth-order valence-corrected chi connectivity index (χ4v) is 0.560. The summed E-state index contributed by atoms with van der Waals surface area (Å²) in [5.74, 6) is -0.356. The Morgan fingerprint density at radius 1 is 1.17 bits per heavy atom. The molecule has 0 rings (SSSR count). The molecule has 6 nitrogen and oxygen atoms in total. The van der Waals surface area contributed by atoms with Gasteiger partial charge in [0.1, 0.15) is 0 Å². The molecule has 0 aliphatic carbocycles. The molecule has 0 aliphatic heterocycles. The van der Waals surface area contributed by atoms with Gasteiger partial charge in [-0.15, -0.1) is 0 Å². The van der Waals surface area contributed by atoms with Crippen LogP contribution in [0.2, 0.25) is 0 Å². The number of amides is 2. The first kappa shape index (κ1) is 10.7. The molecule has 0 spiro atoms. The summed E-state index contributed by atoms with van der Waals surface area (Å²) in [7, 11) is 0. The van der Waals surface area contributed by atoms with E-state index in [1.165, 1.54) is 0 Å². The van der Waals surface area contributed by atoms with Gasteiger partial charge in [-0.25, -0.2) is 4.79 Å². The normalized spacial score (nSPS) is 9.33. The van der Waals surface area contributed by atoms with Crippen LogP contribution in [-0.2, 0) is 14.6 Å². The zero-order valence-electron chi connectivity index (χ0n) is 6.62. The SMILES string of the molecule is NC(=O)CCCCOOC(N)=O. The van der Waals surface area contributed by atoms with Crippen molar-refractivity contribution in [3.8, 4) is 0 Å². The topological polar surface area (TPSA) is 105 Å². The first-order chi connectivity index (χ1) is 5.63. The van der Waals surface area contributed by atoms with Crippen molar-refractivity contribution in [1.82, 2.24) is 0 Å². The summed E-state index contributed by atoms with van der Waals surface area (Å²) in [4.78, 5) is 28.5. The van der Waals surface area contributed by atoms with E-state index in [4.69, 9.17) is 5.73 Å². The predicted octanol–water partition coefficient (Wildman–Crippen LogP) is -0.331. The van der Waals surface area contributed by atoms with Gasteiger partial charge in [0.25, 0.3) is 0 Å². The zero-order valence-corrected chi connectivity index (χ0v) is 6.62. The van der Waals surface area contributed by atoms with Crippen molar-refractivity contribution in [1.29, 1.82) is 0 Å². The van der Waals surface area contributed by atoms with Gasteiger partial charge in [-0.1, -0.05) is 0 Å². The molecule has 0 atom stereocenters. The van der Waals surface area contributed by atoms with Crippen molar-refractivity contribution in [2.24, 2.45) is 11.5 Å². The van der Waals surface area contributed by atoms with Gasteiger partial charge in [-0.3, -0.25) is 9.68 Å². The van der Waals surface area contributed by atoms with Gasteiger partial charge in [-0.2, -0.15) is 4.89 Å². The van der Waals surface area contributed by atoms with Gasteiger partial charge in [0.05, 0.1) is 6.61 Å². The average Bonchev–Trinajstić information content (AvgIpc) is 1.95. The predicted molar refractivity (Wildman–Crippen MR) is 39.7 cm³/mol. The van der Waals surface area contributed by atoms with Gasteiger partial charge >= 0.3 is 6.09 Å². The summed E-state index contributed by atoms with van der Waals surface area (Å²) in [6, 6.07) is 0. The standard InChI is InChI=1S/C6H12N2O4/c7-5(9)3-1-2-4-11-12-6(8)10/h1-4H2,(H2,7,9)(H2,8,10). The van der Waals surface area contributed by atoms with E-state index in [9.17, 15) is 9.59 Å². The van der Waals surface area contributed by atoms with Gasteiger partial charge in [0.15, 0.2) is 0 Å². The van der Waals surface area contributed by atoms with Crippen LogP contribution in [0.15, 0.2) is 0 Å². The summed E-state index contributed by atoms with van der Waals surface area (Å²) in [6.07, 6.45) is 0.526. The van der Waals surface area contributed by atoms with E-state index in [1.54, 1.807) is 0 Å². The molecule has 70 valence electrons. The van der Waals surface area contributed by atoms with Gasteiger partial charge in [0, 0.05) is 6.42 Å². The molecule has 0 bridgehead atoms. The van der Waals surface area contributed by atoms with Crippen molar-refractivity contribution in [3.05, 3.63) is 0 Å². The molecular weight excluding hydrogens is 164 g/mol. The molecule has 0 aromatic heterocycles. The Balaban J connectivity index is 3.01. The Labute approximate surface area is 69.7 Å². The number of carbonyl (C=O) groups excluding carboxylic acids is 2. The summed E-state index contributed by atoms with van der Waals surface area (Å²) in [5.41, 5.74) is 9.47. The maximum Gasteiger partial charge on any atom is 0.436 e. The van der Waals surface area contributed by atoms with Crippen molar-refractivity contribution < 1.29 is 19.4 Å². The summed E-state index contributed by atoms with van der Waals surface area (Å²) >= 11 is 0. The monoisotopic (exact) mass is 176 g/mol. The molecule has 0 saturated carbocycles. The third-order valence-electron chi connectivity index (χ3n) is 1.04. The van der Waals surface area contributed by atoms with Crippen molar-refractivity contribution in [3.63, 3.8) is 0 Å². The van der Waals surface area contributed by atoms with Crippen LogP contribution < -0.4 is 11.5 Å². The summed E-state index contributed by atoms with van der Waals surface area (Å²) in [6.45, 7) is 0.218. The van der Waals surface area contributed by atoms with Gasteiger partial charge in [0.2, 0.25) is 5.91 Å². The Kier molecular flexibility index (Phi) is 5.72. The molecule has 0 unspecified atom stereocenters. The first-order valence-electron chi connectivity index (χ1n) is 3.50. The molecule has 0 aromatic carbocycles. The smallest absolute Gasteiger partial charge is 0.370 e. The summed E-state index contributed by atoms with van der Waals surface area (Å²) < 4.78 is 0. The quantitative estimate of drug-likeness (QED) is 0.328. The molecule has 12 heavy (non-hydrogen) atoms. The van der Waals surface area contributed by atoms with Crippen LogP contribution in [-0.4, -0.2) is 18.6 Å². The number of nitrogens with two attached hydrogens (primary N) is 2. The number of rotatable bonds is 6. The van der Waals surface area contributed by atoms with Crippen LogP contribution in [0.4, 0.5) is 4.79 Å². The minimum atomic E-state index is -0.982. The van der Waals surface area contributed by atoms with E-state index in [-0.39, 0.29) is 12.5 Å². The highest BCUT2D eigenvalue weighted by molar-refractivity contribution is 5.73. The molecule has 2 amide bonds. The first-order valence-corrected chi connectivity index (χ1v) is 3.50. The van der Waals surface area contributed by atoms with Gasteiger partial charge < -0.3 is 11.5 Å². The molecule has 6 heteroatoms. The van der Waals surface area contributed by atoms with E-state index < -0.39 is 6.09 Å². The Morgan fingerprint density at radius 2 is 1.83 bits per heavy atom. The van der Waals surface area contributed by atoms with Crippen LogP contribution in [0.5, 0.6) is 0 Å². The van der Waals surface area contributed by atoms with Crippen LogP contribution in [0, 0.1) is 0 Å². The van der Waals surface area contributed by atoms with E-state index >= 15 is 0 Å². The van der Waals surface area contributed by atoms with Crippen LogP contribution >= 0.6 is 0 Å². The van der Waals surface area contributed by atoms with Crippen LogP contribution in [0.25, 0.3) is 0 Å². The third kappa shape index (κ3) is 8.70. The fraction of sp³-hybridized carbons (Fsp3) is 0.667. The maximum absolute atomic E-state index is 10.2. The van der Waals surface area contributed by atoms with E-state index in [2.05, 4.69) is 15.5 Å². The van der Waals surface area contributed by atoms with Crippen molar-refractivity contribution in [2.75, 3.05) is 6.61 Å². The highest BCUT2D eigenvalue weighted by Gasteiger charge is 1.96. The Bertz CT molecular complexity index is 142. The largest absolute Gasteiger partial charge is 0.436 e. The molecular formula is C6H12N2O4. The van der Waals surface area contributed by atoms with Crippen LogP contribution in [0.1, 0.15) is 19.3 Å². The zero-order chi connectivity index (χ0) is 9.40. The molecule has 0 radical (unpaired) electrons. The number of unbranched alkanes of at least 4 members (excludes halogenated alkanes) is 1. The second-order valence-corrected chi connectivity index (χ2v) is 2.15. The number of hydrogen-bond donors (Lipinski definition) is 2. The molecule has 4 N–H and O–H groups in total. The van der Waals surface area contributed by atoms with Gasteiger partial charge in [-0.05, 0) is 12.8 Å². The molecule has 0 fully saturated rings. The fourth-order valence-electron chi connectivity index (χ4n) is 0.560. The third-order valence-corrected chi connectivity index (χ3v) is 1.04. The van der Waals surface area contributed by atoms with Crippen LogP contribution in [0.3, 0.4) is 0 Å². The number of carbonyl (C=O) groups is 2. The molecule has 0 aliphatic rings. The lowest BCUT2D eigenvalue weighted by molar-refractivity contribution is -0.236. The van der Waals surface area contributed by atoms with E-state index in [0.29, 0.717) is 19.3 Å². The Hall–Kier alpha value is -1.30. The summed E-state index contributed by atoms with van der Waals surface area (Å²) in [5, 5.41) is 0. The van der Waals surface area contributed by atoms with Crippen molar-refractivity contribution >= 4 is 12.0 Å². The van der Waals surface area contributed by atoms with E-state index in [0.717, 1.165) is 0 Å². The lowest BCUT2D eigenvalue weighted by atomic mass is 10.2. The number of hydrogen-bond acceptors (Lipinski definition) is 4. The average molecular weight is 176 g/mol. The maximum atomic E-state index is 10.2. The second kappa shape index (κ2) is 6.41. The molecule has 0 aromatic rings.